The van der Waals surface area contributed by atoms with Gasteiger partial charge >= 0.3 is 7.12 Å². The largest absolute Gasteiger partial charge is 0.508 e. The SMILES string of the molecule is COc1cc(B(O)O)nc(N)n1. The van der Waals surface area contributed by atoms with Crippen molar-refractivity contribution in [3.05, 3.63) is 6.07 Å². The molecule has 0 saturated heterocycles. The number of nitrogen functional groups attached to an aromatic ring is 1. The number of methoxy groups -OCH3 is 1. The van der Waals surface area contributed by atoms with E-state index in [1.165, 1.54) is 13.2 Å². The Morgan fingerprint density at radius 2 is 2.17 bits per heavy atom. The van der Waals surface area contributed by atoms with Crippen molar-refractivity contribution in [1.29, 1.82) is 0 Å². The van der Waals surface area contributed by atoms with Crippen molar-refractivity contribution in [2.24, 2.45) is 0 Å². The van der Waals surface area contributed by atoms with E-state index in [0.717, 1.165) is 0 Å². The van der Waals surface area contributed by atoms with Gasteiger partial charge < -0.3 is 20.5 Å². The molecule has 64 valence electrons. The molecule has 0 radical (unpaired) electrons. The molecule has 1 rings (SSSR count). The number of aromatic nitrogens is 2. The lowest BCUT2D eigenvalue weighted by atomic mass is 9.86. The highest BCUT2D eigenvalue weighted by molar-refractivity contribution is 6.57. The van der Waals surface area contributed by atoms with Gasteiger partial charge in [0.1, 0.15) is 0 Å². The lowest BCUT2D eigenvalue weighted by Crippen LogP contribution is -2.33. The number of ether oxygens (including phenoxy) is 1. The first-order valence-electron chi connectivity index (χ1n) is 3.18. The van der Waals surface area contributed by atoms with Gasteiger partial charge in [-0.15, -0.1) is 0 Å². The molecule has 0 aliphatic rings. The van der Waals surface area contributed by atoms with Crippen LogP contribution < -0.4 is 16.1 Å². The summed E-state index contributed by atoms with van der Waals surface area (Å²) < 4.78 is 4.73. The predicted molar refractivity (Wildman–Crippen MR) is 42.8 cm³/mol. The van der Waals surface area contributed by atoms with E-state index in [2.05, 4.69) is 9.97 Å². The molecule has 0 aliphatic heterocycles. The molecule has 0 aliphatic carbocycles. The molecular formula is C5H8BN3O3. The number of rotatable bonds is 2. The minimum absolute atomic E-state index is 0.0133. The zero-order valence-corrected chi connectivity index (χ0v) is 6.43. The van der Waals surface area contributed by atoms with Crippen LogP contribution in [0, 0.1) is 0 Å². The molecular weight excluding hydrogens is 161 g/mol. The number of hydrogen-bond donors (Lipinski definition) is 3. The summed E-state index contributed by atoms with van der Waals surface area (Å²) in [6.07, 6.45) is 0. The van der Waals surface area contributed by atoms with E-state index in [1.807, 2.05) is 0 Å². The lowest BCUT2D eigenvalue weighted by Gasteiger charge is -2.02. The van der Waals surface area contributed by atoms with E-state index in [0.29, 0.717) is 0 Å². The third kappa shape index (κ3) is 1.83. The van der Waals surface area contributed by atoms with Gasteiger partial charge in [-0.2, -0.15) is 4.98 Å². The van der Waals surface area contributed by atoms with Crippen molar-refractivity contribution in [2.75, 3.05) is 12.8 Å². The molecule has 0 bridgehead atoms. The van der Waals surface area contributed by atoms with Gasteiger partial charge in [0.25, 0.3) is 0 Å². The van der Waals surface area contributed by atoms with Crippen LogP contribution in [0.4, 0.5) is 5.95 Å². The van der Waals surface area contributed by atoms with Crippen molar-refractivity contribution in [3.63, 3.8) is 0 Å². The quantitative estimate of drug-likeness (QED) is 0.432. The Balaban J connectivity index is 3.06. The molecule has 1 aromatic rings. The maximum Gasteiger partial charge on any atom is 0.508 e. The first-order valence-corrected chi connectivity index (χ1v) is 3.18. The summed E-state index contributed by atoms with van der Waals surface area (Å²) in [5.41, 5.74) is 5.26. The van der Waals surface area contributed by atoms with Crippen molar-refractivity contribution in [2.45, 2.75) is 0 Å². The lowest BCUT2D eigenvalue weighted by molar-refractivity contribution is 0.396. The molecule has 0 amide bonds. The average Bonchev–Trinajstić information content (AvgIpc) is 2.03. The minimum atomic E-state index is -1.66. The van der Waals surface area contributed by atoms with Crippen molar-refractivity contribution in [3.8, 4) is 5.88 Å². The second kappa shape index (κ2) is 3.37. The zero-order chi connectivity index (χ0) is 9.14. The summed E-state index contributed by atoms with van der Waals surface area (Å²) in [5.74, 6) is 0.142. The maximum absolute atomic E-state index is 8.72. The van der Waals surface area contributed by atoms with E-state index in [4.69, 9.17) is 20.5 Å². The first-order chi connectivity index (χ1) is 5.63. The Kier molecular flexibility index (Phi) is 2.46. The molecule has 0 saturated carbocycles. The highest BCUT2D eigenvalue weighted by Crippen LogP contribution is 2.02. The normalized spacial score (nSPS) is 9.58. The fourth-order valence-electron chi connectivity index (χ4n) is 0.698. The molecule has 1 aromatic heterocycles. The van der Waals surface area contributed by atoms with E-state index in [9.17, 15) is 0 Å². The first kappa shape index (κ1) is 8.76. The Morgan fingerprint density at radius 3 is 2.67 bits per heavy atom. The third-order valence-corrected chi connectivity index (χ3v) is 1.21. The summed E-state index contributed by atoms with van der Waals surface area (Å²) in [7, 11) is -0.265. The van der Waals surface area contributed by atoms with Crippen molar-refractivity contribution >= 4 is 18.7 Å². The molecule has 7 heteroatoms. The molecule has 0 aromatic carbocycles. The maximum atomic E-state index is 8.72. The predicted octanol–water partition coefficient (Wildman–Crippen LogP) is -2.25. The smallest absolute Gasteiger partial charge is 0.481 e. The molecule has 6 nitrogen and oxygen atoms in total. The van der Waals surface area contributed by atoms with Gasteiger partial charge in [-0.1, -0.05) is 0 Å². The summed E-state index contributed by atoms with van der Waals surface area (Å²) in [4.78, 5) is 7.22. The summed E-state index contributed by atoms with van der Waals surface area (Å²) in [6.45, 7) is 0. The molecule has 12 heavy (non-hydrogen) atoms. The Bertz CT molecular complexity index is 281. The van der Waals surface area contributed by atoms with Crippen LogP contribution in [0.15, 0.2) is 6.07 Å². The van der Waals surface area contributed by atoms with Crippen LogP contribution in [0.1, 0.15) is 0 Å². The minimum Gasteiger partial charge on any atom is -0.481 e. The van der Waals surface area contributed by atoms with Gasteiger partial charge in [0, 0.05) is 6.07 Å². The van der Waals surface area contributed by atoms with Crippen LogP contribution >= 0.6 is 0 Å². The van der Waals surface area contributed by atoms with Gasteiger partial charge in [0.05, 0.1) is 12.7 Å². The Labute approximate surface area is 69.2 Å². The summed E-state index contributed by atoms with van der Waals surface area (Å²) in [6, 6.07) is 1.29. The van der Waals surface area contributed by atoms with Gasteiger partial charge in [-0.3, -0.25) is 0 Å². The molecule has 0 fully saturated rings. The van der Waals surface area contributed by atoms with Crippen LogP contribution in [0.3, 0.4) is 0 Å². The fraction of sp³-hybridized carbons (Fsp3) is 0.200. The monoisotopic (exact) mass is 169 g/mol. The Morgan fingerprint density at radius 1 is 1.50 bits per heavy atom. The second-order valence-electron chi connectivity index (χ2n) is 2.07. The van der Waals surface area contributed by atoms with E-state index in [1.54, 1.807) is 0 Å². The van der Waals surface area contributed by atoms with Crippen molar-refractivity contribution < 1.29 is 14.8 Å². The van der Waals surface area contributed by atoms with Gasteiger partial charge in [-0.25, -0.2) is 4.98 Å². The van der Waals surface area contributed by atoms with Gasteiger partial charge in [-0.05, 0) is 0 Å². The van der Waals surface area contributed by atoms with Crippen LogP contribution in [0.5, 0.6) is 5.88 Å². The number of hydrogen-bond acceptors (Lipinski definition) is 6. The molecule has 0 spiro atoms. The molecule has 4 N–H and O–H groups in total. The Hall–Kier alpha value is -1.34. The van der Waals surface area contributed by atoms with E-state index < -0.39 is 7.12 Å². The number of nitrogens with zero attached hydrogens (tertiary/aromatic N) is 2. The molecule has 0 unspecified atom stereocenters. The standard InChI is InChI=1S/C5H8BN3O3/c1-12-4-2-3(6(10)11)8-5(7)9-4/h2,10-11H,1H3,(H2,7,8,9). The van der Waals surface area contributed by atoms with Crippen LogP contribution in [0.25, 0.3) is 0 Å². The average molecular weight is 169 g/mol. The molecule has 0 atom stereocenters. The number of nitrogens with two attached hydrogens (primary N) is 1. The second-order valence-corrected chi connectivity index (χ2v) is 2.07. The van der Waals surface area contributed by atoms with Crippen LogP contribution in [-0.2, 0) is 0 Å². The number of anilines is 1. The highest BCUT2D eigenvalue weighted by Gasteiger charge is 2.15. The van der Waals surface area contributed by atoms with Crippen LogP contribution in [-0.4, -0.2) is 34.2 Å². The van der Waals surface area contributed by atoms with E-state index >= 15 is 0 Å². The van der Waals surface area contributed by atoms with Crippen LogP contribution in [0.2, 0.25) is 0 Å². The summed E-state index contributed by atoms with van der Waals surface area (Å²) >= 11 is 0. The van der Waals surface area contributed by atoms with Gasteiger partial charge in [0.2, 0.25) is 11.8 Å². The zero-order valence-electron chi connectivity index (χ0n) is 6.43. The van der Waals surface area contributed by atoms with Crippen molar-refractivity contribution in [1.82, 2.24) is 9.97 Å². The van der Waals surface area contributed by atoms with E-state index in [-0.39, 0.29) is 17.4 Å². The van der Waals surface area contributed by atoms with Gasteiger partial charge in [0.15, 0.2) is 0 Å². The highest BCUT2D eigenvalue weighted by atomic mass is 16.5. The third-order valence-electron chi connectivity index (χ3n) is 1.21. The summed E-state index contributed by atoms with van der Waals surface area (Å²) in [5, 5.41) is 17.4. The topological polar surface area (TPSA) is 101 Å². The fourth-order valence-corrected chi connectivity index (χ4v) is 0.698. The molecule has 1 heterocycles.